The Labute approximate surface area is 120 Å². The molecule has 20 heavy (non-hydrogen) atoms. The third-order valence-electron chi connectivity index (χ3n) is 3.15. The van der Waals surface area contributed by atoms with Gasteiger partial charge in [-0.1, -0.05) is 39.0 Å². The fourth-order valence-corrected chi connectivity index (χ4v) is 2.02. The van der Waals surface area contributed by atoms with E-state index in [9.17, 15) is 0 Å². The van der Waals surface area contributed by atoms with Crippen molar-refractivity contribution in [1.29, 1.82) is 0 Å². The third-order valence-corrected chi connectivity index (χ3v) is 3.15. The molecular weight excluding hydrogens is 248 g/mol. The van der Waals surface area contributed by atoms with E-state index < -0.39 is 0 Å². The lowest BCUT2D eigenvalue weighted by molar-refractivity contribution is 0.453. The maximum absolute atomic E-state index is 5.97. The summed E-state index contributed by atoms with van der Waals surface area (Å²) in [5.74, 6) is 1.60. The van der Waals surface area contributed by atoms with Gasteiger partial charge in [0.15, 0.2) is 0 Å². The average molecular weight is 270 g/mol. The number of ether oxygens (including phenoxy) is 1. The summed E-state index contributed by atoms with van der Waals surface area (Å²) in [7, 11) is 0. The number of benzene rings is 1. The first-order chi connectivity index (χ1) is 9.38. The van der Waals surface area contributed by atoms with Gasteiger partial charge in [0, 0.05) is 11.6 Å². The predicted molar refractivity (Wildman–Crippen MR) is 82.1 cm³/mol. The van der Waals surface area contributed by atoms with E-state index in [1.165, 1.54) is 5.56 Å². The predicted octanol–water partition coefficient (Wildman–Crippen LogP) is 4.19. The highest BCUT2D eigenvalue weighted by Gasteiger charge is 2.18. The van der Waals surface area contributed by atoms with Crippen LogP contribution in [0.3, 0.4) is 0 Å². The molecule has 0 spiro atoms. The van der Waals surface area contributed by atoms with Crippen LogP contribution in [-0.4, -0.2) is 4.98 Å². The number of pyridine rings is 1. The summed E-state index contributed by atoms with van der Waals surface area (Å²) in [6.45, 7) is 8.43. The van der Waals surface area contributed by atoms with Crippen molar-refractivity contribution in [2.24, 2.45) is 5.73 Å². The molecule has 0 aliphatic carbocycles. The SMILES string of the molecule is CC(N)c1ccc(Oc2ccccc2C(C)(C)C)cn1. The van der Waals surface area contributed by atoms with Crippen LogP contribution in [0.1, 0.15) is 45.0 Å². The van der Waals surface area contributed by atoms with E-state index >= 15 is 0 Å². The van der Waals surface area contributed by atoms with Crippen molar-refractivity contribution in [2.75, 3.05) is 0 Å². The van der Waals surface area contributed by atoms with Gasteiger partial charge in [0.25, 0.3) is 0 Å². The number of hydrogen-bond donors (Lipinski definition) is 1. The van der Waals surface area contributed by atoms with Gasteiger partial charge < -0.3 is 10.5 Å². The highest BCUT2D eigenvalue weighted by molar-refractivity contribution is 5.41. The van der Waals surface area contributed by atoms with Crippen molar-refractivity contribution < 1.29 is 4.74 Å². The van der Waals surface area contributed by atoms with E-state index in [1.54, 1.807) is 6.20 Å². The van der Waals surface area contributed by atoms with Crippen LogP contribution >= 0.6 is 0 Å². The van der Waals surface area contributed by atoms with Crippen molar-refractivity contribution in [2.45, 2.75) is 39.2 Å². The van der Waals surface area contributed by atoms with Gasteiger partial charge in [0.2, 0.25) is 0 Å². The Morgan fingerprint density at radius 1 is 1.10 bits per heavy atom. The molecule has 0 aliphatic rings. The maximum Gasteiger partial charge on any atom is 0.145 e. The number of aromatic nitrogens is 1. The summed E-state index contributed by atoms with van der Waals surface area (Å²) < 4.78 is 5.97. The van der Waals surface area contributed by atoms with E-state index in [2.05, 4.69) is 31.8 Å². The zero-order chi connectivity index (χ0) is 14.8. The molecule has 2 aromatic rings. The minimum atomic E-state index is -0.0640. The van der Waals surface area contributed by atoms with E-state index in [-0.39, 0.29) is 11.5 Å². The van der Waals surface area contributed by atoms with Crippen LogP contribution in [0, 0.1) is 0 Å². The molecular formula is C17H22N2O. The van der Waals surface area contributed by atoms with Gasteiger partial charge in [0.1, 0.15) is 11.5 Å². The van der Waals surface area contributed by atoms with Gasteiger partial charge in [0.05, 0.1) is 11.9 Å². The molecule has 1 aromatic heterocycles. The normalized spacial score (nSPS) is 13.1. The molecule has 0 radical (unpaired) electrons. The van der Waals surface area contributed by atoms with Gasteiger partial charge >= 0.3 is 0 Å². The molecule has 0 bridgehead atoms. The summed E-state index contributed by atoms with van der Waals surface area (Å²) >= 11 is 0. The number of nitrogens with two attached hydrogens (primary N) is 1. The van der Waals surface area contributed by atoms with Crippen LogP contribution in [0.5, 0.6) is 11.5 Å². The Balaban J connectivity index is 2.26. The Kier molecular flexibility index (Phi) is 4.09. The second kappa shape index (κ2) is 5.63. The molecule has 0 fully saturated rings. The monoisotopic (exact) mass is 270 g/mol. The second-order valence-electron chi connectivity index (χ2n) is 6.06. The fraction of sp³-hybridized carbons (Fsp3) is 0.353. The van der Waals surface area contributed by atoms with Crippen LogP contribution in [0.25, 0.3) is 0 Å². The second-order valence-corrected chi connectivity index (χ2v) is 6.06. The van der Waals surface area contributed by atoms with Crippen molar-refractivity contribution >= 4 is 0 Å². The van der Waals surface area contributed by atoms with Crippen LogP contribution in [0.15, 0.2) is 42.6 Å². The highest BCUT2D eigenvalue weighted by Crippen LogP contribution is 2.33. The van der Waals surface area contributed by atoms with Crippen molar-refractivity contribution in [3.63, 3.8) is 0 Å². The third kappa shape index (κ3) is 3.36. The minimum Gasteiger partial charge on any atom is -0.455 e. The first kappa shape index (κ1) is 14.5. The number of rotatable bonds is 3. The molecule has 106 valence electrons. The molecule has 2 rings (SSSR count). The summed E-state index contributed by atoms with van der Waals surface area (Å²) in [4.78, 5) is 4.32. The molecule has 2 N–H and O–H groups in total. The minimum absolute atomic E-state index is 0.0374. The lowest BCUT2D eigenvalue weighted by atomic mass is 9.86. The van der Waals surface area contributed by atoms with E-state index in [4.69, 9.17) is 10.5 Å². The van der Waals surface area contributed by atoms with Gasteiger partial charge in [-0.05, 0) is 30.5 Å². The summed E-state index contributed by atoms with van der Waals surface area (Å²) in [6, 6.07) is 11.8. The van der Waals surface area contributed by atoms with Gasteiger partial charge in [-0.3, -0.25) is 4.98 Å². The first-order valence-electron chi connectivity index (χ1n) is 6.87. The molecule has 0 aliphatic heterocycles. The molecule has 0 saturated heterocycles. The van der Waals surface area contributed by atoms with E-state index in [0.717, 1.165) is 17.2 Å². The number of hydrogen-bond acceptors (Lipinski definition) is 3. The van der Waals surface area contributed by atoms with E-state index in [0.29, 0.717) is 0 Å². The molecule has 1 atom stereocenters. The Morgan fingerprint density at radius 2 is 1.80 bits per heavy atom. The summed E-state index contributed by atoms with van der Waals surface area (Å²) in [5.41, 5.74) is 7.87. The zero-order valence-corrected chi connectivity index (χ0v) is 12.6. The largest absolute Gasteiger partial charge is 0.455 e. The topological polar surface area (TPSA) is 48.1 Å². The standard InChI is InChI=1S/C17H22N2O/c1-12(18)15-10-9-13(11-19-15)20-16-8-6-5-7-14(16)17(2,3)4/h5-12H,18H2,1-4H3. The summed E-state index contributed by atoms with van der Waals surface area (Å²) in [6.07, 6.45) is 1.72. The van der Waals surface area contributed by atoms with Gasteiger partial charge in [-0.25, -0.2) is 0 Å². The molecule has 1 aromatic carbocycles. The highest BCUT2D eigenvalue weighted by atomic mass is 16.5. The van der Waals surface area contributed by atoms with Crippen LogP contribution in [-0.2, 0) is 5.41 Å². The molecule has 0 amide bonds. The molecule has 3 heteroatoms. The van der Waals surface area contributed by atoms with Crippen LogP contribution < -0.4 is 10.5 Å². The quantitative estimate of drug-likeness (QED) is 0.909. The Bertz CT molecular complexity index is 568. The molecule has 1 heterocycles. The molecule has 0 saturated carbocycles. The number of nitrogens with zero attached hydrogens (tertiary/aromatic N) is 1. The Hall–Kier alpha value is -1.87. The van der Waals surface area contributed by atoms with Crippen LogP contribution in [0.2, 0.25) is 0 Å². The van der Waals surface area contributed by atoms with Crippen molar-refractivity contribution in [3.05, 3.63) is 53.9 Å². The van der Waals surface area contributed by atoms with E-state index in [1.807, 2.05) is 37.3 Å². The van der Waals surface area contributed by atoms with Crippen molar-refractivity contribution in [3.8, 4) is 11.5 Å². The lowest BCUT2D eigenvalue weighted by Crippen LogP contribution is -2.12. The lowest BCUT2D eigenvalue weighted by Gasteiger charge is -2.22. The van der Waals surface area contributed by atoms with Gasteiger partial charge in [-0.15, -0.1) is 0 Å². The zero-order valence-electron chi connectivity index (χ0n) is 12.6. The van der Waals surface area contributed by atoms with Crippen LogP contribution in [0.4, 0.5) is 0 Å². The van der Waals surface area contributed by atoms with Crippen molar-refractivity contribution in [1.82, 2.24) is 4.98 Å². The average Bonchev–Trinajstić information content (AvgIpc) is 2.38. The molecule has 1 unspecified atom stereocenters. The maximum atomic E-state index is 5.97. The first-order valence-corrected chi connectivity index (χ1v) is 6.87. The fourth-order valence-electron chi connectivity index (χ4n) is 2.02. The number of para-hydroxylation sites is 1. The Morgan fingerprint density at radius 3 is 2.35 bits per heavy atom. The molecule has 3 nitrogen and oxygen atoms in total. The summed E-state index contributed by atoms with van der Waals surface area (Å²) in [5, 5.41) is 0. The van der Waals surface area contributed by atoms with Gasteiger partial charge in [-0.2, -0.15) is 0 Å². The smallest absolute Gasteiger partial charge is 0.145 e.